The lowest BCUT2D eigenvalue weighted by Gasteiger charge is -2.22. The Morgan fingerprint density at radius 3 is 2.33 bits per heavy atom. The van der Waals surface area contributed by atoms with E-state index in [-0.39, 0.29) is 11.0 Å². The van der Waals surface area contributed by atoms with Gasteiger partial charge in [0.05, 0.1) is 18.4 Å². The highest BCUT2D eigenvalue weighted by molar-refractivity contribution is 7.12. The first kappa shape index (κ1) is 17.3. The number of carbonyl (C=O) groups is 2. The molecule has 21 heavy (non-hydrogen) atoms. The Kier molecular flexibility index (Phi) is 5.21. The summed E-state index contributed by atoms with van der Waals surface area (Å²) in [6.07, 6.45) is -7.11. The maximum atomic E-state index is 13.3. The van der Waals surface area contributed by atoms with Crippen LogP contribution in [0.25, 0.3) is 0 Å². The Morgan fingerprint density at radius 2 is 1.90 bits per heavy atom. The average molecular weight is 328 g/mol. The van der Waals surface area contributed by atoms with Crippen molar-refractivity contribution in [2.45, 2.75) is 18.5 Å². The molecule has 0 radical (unpaired) electrons. The maximum Gasteiger partial charge on any atom is 0.457 e. The van der Waals surface area contributed by atoms with Crippen LogP contribution in [0.4, 0.5) is 22.0 Å². The molecule has 0 unspecified atom stereocenters. The minimum Gasteiger partial charge on any atom is -0.469 e. The van der Waals surface area contributed by atoms with Crippen molar-refractivity contribution in [3.63, 3.8) is 0 Å². The van der Waals surface area contributed by atoms with E-state index in [1.165, 1.54) is 17.5 Å². The standard InChI is InChI=1S/C12H9F5O3S/c1-20-10(19)6-7(11(13,14)12(15,16)17)5-8(18)9-3-2-4-21-9/h2-5H,6H2,1H3/b7-5-. The molecule has 0 amide bonds. The minimum absolute atomic E-state index is 0.0182. The molecule has 116 valence electrons. The fourth-order valence-corrected chi connectivity index (χ4v) is 1.95. The molecule has 0 spiro atoms. The van der Waals surface area contributed by atoms with E-state index in [0.29, 0.717) is 0 Å². The molecular formula is C12H9F5O3S. The van der Waals surface area contributed by atoms with E-state index in [9.17, 15) is 31.5 Å². The number of alkyl halides is 5. The molecule has 0 fully saturated rings. The van der Waals surface area contributed by atoms with Gasteiger partial charge in [-0.15, -0.1) is 11.3 Å². The number of ether oxygens (including phenoxy) is 1. The van der Waals surface area contributed by atoms with Crippen molar-refractivity contribution in [2.24, 2.45) is 0 Å². The zero-order valence-electron chi connectivity index (χ0n) is 10.5. The Balaban J connectivity index is 3.20. The Labute approximate surface area is 120 Å². The van der Waals surface area contributed by atoms with Gasteiger partial charge in [0, 0.05) is 5.57 Å². The monoisotopic (exact) mass is 328 g/mol. The number of esters is 1. The van der Waals surface area contributed by atoms with Gasteiger partial charge in [-0.3, -0.25) is 9.59 Å². The second-order valence-electron chi connectivity index (χ2n) is 3.84. The topological polar surface area (TPSA) is 43.4 Å². The molecule has 0 aliphatic rings. The molecule has 1 heterocycles. The summed E-state index contributed by atoms with van der Waals surface area (Å²) in [4.78, 5) is 22.6. The number of thiophene rings is 1. The highest BCUT2D eigenvalue weighted by atomic mass is 32.1. The summed E-state index contributed by atoms with van der Waals surface area (Å²) in [5.74, 6) is -7.63. The van der Waals surface area contributed by atoms with Gasteiger partial charge in [0.25, 0.3) is 0 Å². The number of rotatable bonds is 5. The Hall–Kier alpha value is -1.77. The van der Waals surface area contributed by atoms with Crippen molar-refractivity contribution >= 4 is 23.1 Å². The Bertz CT molecular complexity index is 546. The molecule has 0 aliphatic heterocycles. The lowest BCUT2D eigenvalue weighted by molar-refractivity contribution is -0.265. The van der Waals surface area contributed by atoms with Crippen molar-refractivity contribution in [2.75, 3.05) is 7.11 Å². The molecule has 3 nitrogen and oxygen atoms in total. The fourth-order valence-electron chi connectivity index (χ4n) is 1.31. The number of hydrogen-bond donors (Lipinski definition) is 0. The summed E-state index contributed by atoms with van der Waals surface area (Å²) in [5.41, 5.74) is -1.65. The van der Waals surface area contributed by atoms with Gasteiger partial charge >= 0.3 is 18.1 Å². The second kappa shape index (κ2) is 6.33. The largest absolute Gasteiger partial charge is 0.469 e. The molecule has 0 saturated carbocycles. The van der Waals surface area contributed by atoms with Crippen LogP contribution in [-0.4, -0.2) is 31.0 Å². The van der Waals surface area contributed by atoms with E-state index in [0.717, 1.165) is 18.4 Å². The molecule has 1 rings (SSSR count). The van der Waals surface area contributed by atoms with Crippen molar-refractivity contribution in [1.29, 1.82) is 0 Å². The van der Waals surface area contributed by atoms with Gasteiger partial charge in [-0.1, -0.05) is 6.07 Å². The summed E-state index contributed by atoms with van der Waals surface area (Å²) in [5, 5.41) is 1.46. The van der Waals surface area contributed by atoms with Crippen LogP contribution in [0.3, 0.4) is 0 Å². The smallest absolute Gasteiger partial charge is 0.457 e. The van der Waals surface area contributed by atoms with Gasteiger partial charge in [0.15, 0.2) is 5.78 Å². The van der Waals surface area contributed by atoms with Gasteiger partial charge in [0.1, 0.15) is 0 Å². The van der Waals surface area contributed by atoms with E-state index in [1.807, 2.05) is 0 Å². The van der Waals surface area contributed by atoms with Crippen molar-refractivity contribution in [1.82, 2.24) is 0 Å². The number of halogens is 5. The van der Waals surface area contributed by atoms with E-state index >= 15 is 0 Å². The predicted octanol–water partition coefficient (Wildman–Crippen LogP) is 3.62. The third-order valence-electron chi connectivity index (χ3n) is 2.39. The number of methoxy groups -OCH3 is 1. The normalized spacial score (nSPS) is 13.1. The average Bonchev–Trinajstić information content (AvgIpc) is 2.90. The van der Waals surface area contributed by atoms with E-state index in [2.05, 4.69) is 4.74 Å². The molecular weight excluding hydrogens is 319 g/mol. The first-order valence-corrected chi connectivity index (χ1v) is 6.27. The number of allylic oxidation sites excluding steroid dienone is 1. The fraction of sp³-hybridized carbons (Fsp3) is 0.333. The summed E-state index contributed by atoms with van der Waals surface area (Å²) in [6, 6.07) is 2.71. The molecule has 0 N–H and O–H groups in total. The molecule has 9 heteroatoms. The van der Waals surface area contributed by atoms with Crippen LogP contribution in [0.5, 0.6) is 0 Å². The van der Waals surface area contributed by atoms with E-state index in [4.69, 9.17) is 0 Å². The minimum atomic E-state index is -5.91. The molecule has 0 saturated heterocycles. The van der Waals surface area contributed by atoms with E-state index in [1.54, 1.807) is 0 Å². The summed E-state index contributed by atoms with van der Waals surface area (Å²) in [7, 11) is 0.840. The zero-order chi connectivity index (χ0) is 16.3. The van der Waals surface area contributed by atoms with Crippen LogP contribution in [0.15, 0.2) is 29.2 Å². The lowest BCUT2D eigenvalue weighted by atomic mass is 10.0. The molecule has 0 aromatic carbocycles. The Morgan fingerprint density at radius 1 is 1.29 bits per heavy atom. The van der Waals surface area contributed by atoms with Crippen molar-refractivity contribution < 1.29 is 36.3 Å². The van der Waals surface area contributed by atoms with E-state index < -0.39 is 35.8 Å². The third-order valence-corrected chi connectivity index (χ3v) is 3.28. The molecule has 1 aromatic heterocycles. The SMILES string of the molecule is COC(=O)C/C(=C/C(=O)c1cccs1)C(F)(F)C(F)(F)F. The first-order chi connectivity index (χ1) is 9.59. The third kappa shape index (κ3) is 4.10. The highest BCUT2D eigenvalue weighted by Crippen LogP contribution is 2.42. The highest BCUT2D eigenvalue weighted by Gasteiger charge is 2.60. The summed E-state index contributed by atoms with van der Waals surface area (Å²) < 4.78 is 67.9. The molecule has 0 bridgehead atoms. The van der Waals surface area contributed by atoms with Gasteiger partial charge in [-0.2, -0.15) is 22.0 Å². The van der Waals surface area contributed by atoms with Gasteiger partial charge < -0.3 is 4.74 Å². The van der Waals surface area contributed by atoms with Crippen LogP contribution in [0.2, 0.25) is 0 Å². The lowest BCUT2D eigenvalue weighted by Crippen LogP contribution is -2.39. The quantitative estimate of drug-likeness (QED) is 0.359. The van der Waals surface area contributed by atoms with Gasteiger partial charge in [-0.05, 0) is 17.5 Å². The maximum absolute atomic E-state index is 13.3. The van der Waals surface area contributed by atoms with Crippen LogP contribution in [-0.2, 0) is 9.53 Å². The molecule has 0 aliphatic carbocycles. The van der Waals surface area contributed by atoms with Crippen molar-refractivity contribution in [3.05, 3.63) is 34.0 Å². The van der Waals surface area contributed by atoms with Crippen LogP contribution >= 0.6 is 11.3 Å². The van der Waals surface area contributed by atoms with Crippen molar-refractivity contribution in [3.8, 4) is 0 Å². The number of carbonyl (C=O) groups excluding carboxylic acids is 2. The van der Waals surface area contributed by atoms with Gasteiger partial charge in [-0.25, -0.2) is 0 Å². The molecule has 0 atom stereocenters. The summed E-state index contributed by atoms with van der Waals surface area (Å²) >= 11 is 0.879. The predicted molar refractivity (Wildman–Crippen MR) is 64.4 cm³/mol. The van der Waals surface area contributed by atoms with Gasteiger partial charge in [0.2, 0.25) is 0 Å². The summed E-state index contributed by atoms with van der Waals surface area (Å²) in [6.45, 7) is 0. The first-order valence-electron chi connectivity index (χ1n) is 5.40. The zero-order valence-corrected chi connectivity index (χ0v) is 11.4. The number of ketones is 1. The van der Waals surface area contributed by atoms with Crippen LogP contribution < -0.4 is 0 Å². The van der Waals surface area contributed by atoms with Crippen LogP contribution in [0.1, 0.15) is 16.1 Å². The second-order valence-corrected chi connectivity index (χ2v) is 4.78. The van der Waals surface area contributed by atoms with Crippen LogP contribution in [0, 0.1) is 0 Å². The molecule has 1 aromatic rings. The number of hydrogen-bond acceptors (Lipinski definition) is 4.